The van der Waals surface area contributed by atoms with Gasteiger partial charge in [-0.2, -0.15) is 0 Å². The molecule has 4 N–H and O–H groups in total. The number of amides is 1. The van der Waals surface area contributed by atoms with Crippen LogP contribution in [0.15, 0.2) is 0 Å². The normalized spacial score (nSPS) is 12.5. The van der Waals surface area contributed by atoms with Gasteiger partial charge in [0.25, 0.3) is 0 Å². The van der Waals surface area contributed by atoms with Crippen molar-refractivity contribution in [3.63, 3.8) is 0 Å². The SMILES string of the molecule is CCCCCCCCCCCCCCCCCCC(=O)OC(CCCCCCCCCCCCCCCCC)CCCCCCCC(=O)NC(CCCN)C(=O)O. The number of carbonyl (C=O) groups excluding carboxylic acids is 2. The molecule has 0 fully saturated rings. The maximum absolute atomic E-state index is 12.9. The molecule has 0 radical (unpaired) electrons. The van der Waals surface area contributed by atoms with Crippen molar-refractivity contribution < 1.29 is 24.2 Å². The summed E-state index contributed by atoms with van der Waals surface area (Å²) in [5.74, 6) is -1.20. The molecule has 7 heteroatoms. The predicted molar refractivity (Wildman–Crippen MR) is 244 cm³/mol. The molecule has 338 valence electrons. The summed E-state index contributed by atoms with van der Waals surface area (Å²) in [5, 5.41) is 12.0. The van der Waals surface area contributed by atoms with Crippen LogP contribution in [0.1, 0.15) is 284 Å². The van der Waals surface area contributed by atoms with E-state index >= 15 is 0 Å². The van der Waals surface area contributed by atoms with E-state index in [9.17, 15) is 19.5 Å². The highest BCUT2D eigenvalue weighted by molar-refractivity contribution is 5.83. The first-order valence-corrected chi connectivity index (χ1v) is 25.4. The van der Waals surface area contributed by atoms with Gasteiger partial charge in [0.2, 0.25) is 5.91 Å². The van der Waals surface area contributed by atoms with Crippen molar-refractivity contribution in [2.24, 2.45) is 5.73 Å². The minimum Gasteiger partial charge on any atom is -0.480 e. The number of rotatable bonds is 47. The van der Waals surface area contributed by atoms with E-state index in [-0.39, 0.29) is 18.0 Å². The molecule has 0 aliphatic heterocycles. The number of carboxylic acids is 1. The van der Waals surface area contributed by atoms with E-state index in [1.807, 2.05) is 0 Å². The highest BCUT2D eigenvalue weighted by Gasteiger charge is 2.19. The second kappa shape index (κ2) is 45.5. The van der Waals surface area contributed by atoms with E-state index in [1.54, 1.807) is 0 Å². The number of hydrogen-bond acceptors (Lipinski definition) is 5. The Balaban J connectivity index is 4.25. The van der Waals surface area contributed by atoms with Crippen LogP contribution in [0.5, 0.6) is 0 Å². The topological polar surface area (TPSA) is 119 Å². The number of unbranched alkanes of at least 4 members (excludes halogenated alkanes) is 33. The molecule has 0 aromatic rings. The minimum atomic E-state index is -0.999. The lowest BCUT2D eigenvalue weighted by atomic mass is 10.0. The molecule has 0 saturated carbocycles. The van der Waals surface area contributed by atoms with Gasteiger partial charge in [-0.3, -0.25) is 9.59 Å². The molecule has 0 spiro atoms. The molecule has 0 aliphatic carbocycles. The summed E-state index contributed by atoms with van der Waals surface area (Å²) >= 11 is 0. The first kappa shape index (κ1) is 55.4. The molecule has 7 nitrogen and oxygen atoms in total. The summed E-state index contributed by atoms with van der Waals surface area (Å²) in [5.41, 5.74) is 5.50. The van der Waals surface area contributed by atoms with Crippen molar-refractivity contribution in [2.75, 3.05) is 6.54 Å². The number of nitrogens with two attached hydrogens (primary N) is 1. The molecule has 0 aromatic carbocycles. The average molecular weight is 807 g/mol. The van der Waals surface area contributed by atoms with Crippen molar-refractivity contribution in [3.05, 3.63) is 0 Å². The van der Waals surface area contributed by atoms with Crippen LogP contribution in [-0.4, -0.2) is 41.6 Å². The Hall–Kier alpha value is -1.63. The number of nitrogens with one attached hydrogen (secondary N) is 1. The van der Waals surface area contributed by atoms with Crippen LogP contribution in [0.2, 0.25) is 0 Å². The maximum atomic E-state index is 12.9. The molecule has 0 aromatic heterocycles. The lowest BCUT2D eigenvalue weighted by Crippen LogP contribution is -2.40. The van der Waals surface area contributed by atoms with Crippen LogP contribution in [0, 0.1) is 0 Å². The van der Waals surface area contributed by atoms with Gasteiger partial charge in [0, 0.05) is 12.8 Å². The molecule has 0 saturated heterocycles. The van der Waals surface area contributed by atoms with Gasteiger partial charge in [-0.1, -0.05) is 219 Å². The van der Waals surface area contributed by atoms with Crippen molar-refractivity contribution in [1.82, 2.24) is 5.32 Å². The number of ether oxygens (including phenoxy) is 1. The summed E-state index contributed by atoms with van der Waals surface area (Å²) in [6.07, 6.45) is 50.1. The Bertz CT molecular complexity index is 868. The molecule has 2 atom stereocenters. The van der Waals surface area contributed by atoms with E-state index < -0.39 is 12.0 Å². The summed E-state index contributed by atoms with van der Waals surface area (Å²) in [6.45, 7) is 4.98. The molecule has 57 heavy (non-hydrogen) atoms. The van der Waals surface area contributed by atoms with Crippen LogP contribution in [-0.2, 0) is 19.1 Å². The second-order valence-electron chi connectivity index (χ2n) is 17.6. The fourth-order valence-electron chi connectivity index (χ4n) is 8.10. The van der Waals surface area contributed by atoms with Gasteiger partial charge in [-0.25, -0.2) is 4.79 Å². The van der Waals surface area contributed by atoms with E-state index in [1.165, 1.54) is 180 Å². The van der Waals surface area contributed by atoms with Crippen LogP contribution in [0.3, 0.4) is 0 Å². The Morgan fingerprint density at radius 1 is 0.439 bits per heavy atom. The summed E-state index contributed by atoms with van der Waals surface area (Å²) in [7, 11) is 0. The molecule has 0 aliphatic rings. The Morgan fingerprint density at radius 3 is 1.09 bits per heavy atom. The van der Waals surface area contributed by atoms with Crippen molar-refractivity contribution in [2.45, 2.75) is 296 Å². The molecule has 2 unspecified atom stereocenters. The van der Waals surface area contributed by atoms with Gasteiger partial charge < -0.3 is 20.9 Å². The molecule has 1 amide bonds. The smallest absolute Gasteiger partial charge is 0.326 e. The van der Waals surface area contributed by atoms with Gasteiger partial charge in [0.05, 0.1) is 0 Å². The number of carboxylic acid groups (broad SMARTS) is 1. The first-order chi connectivity index (χ1) is 27.9. The highest BCUT2D eigenvalue weighted by atomic mass is 16.5. The van der Waals surface area contributed by atoms with Gasteiger partial charge in [0.1, 0.15) is 12.1 Å². The fourth-order valence-corrected chi connectivity index (χ4v) is 8.10. The molecular formula is C50H98N2O5. The summed E-state index contributed by atoms with van der Waals surface area (Å²) < 4.78 is 6.09. The fraction of sp³-hybridized carbons (Fsp3) is 0.940. The van der Waals surface area contributed by atoms with Crippen molar-refractivity contribution >= 4 is 17.8 Å². The zero-order valence-electron chi connectivity index (χ0n) is 38.2. The minimum absolute atomic E-state index is 0.0107. The molecule has 0 heterocycles. The Labute approximate surface area is 354 Å². The standard InChI is InChI=1S/C50H98N2O5/c1-3-5-7-9-11-13-15-17-19-21-23-25-27-29-34-38-44-49(54)57-46(40-35-31-28-26-24-22-20-18-16-14-12-10-8-6-4-2)41-36-32-30-33-37-43-48(53)52-47(50(55)56)42-39-45-51/h46-47H,3-45,51H2,1-2H3,(H,52,53)(H,55,56). The van der Waals surface area contributed by atoms with E-state index in [0.29, 0.717) is 32.2 Å². The van der Waals surface area contributed by atoms with E-state index in [0.717, 1.165) is 64.2 Å². The van der Waals surface area contributed by atoms with Crippen LogP contribution in [0.25, 0.3) is 0 Å². The van der Waals surface area contributed by atoms with E-state index in [4.69, 9.17) is 10.5 Å². The van der Waals surface area contributed by atoms with Crippen LogP contribution in [0.4, 0.5) is 0 Å². The van der Waals surface area contributed by atoms with Gasteiger partial charge in [-0.05, 0) is 57.9 Å². The number of carbonyl (C=O) groups is 3. The molecular weight excluding hydrogens is 709 g/mol. The largest absolute Gasteiger partial charge is 0.480 e. The second-order valence-corrected chi connectivity index (χ2v) is 17.6. The van der Waals surface area contributed by atoms with Crippen molar-refractivity contribution in [1.29, 1.82) is 0 Å². The quantitative estimate of drug-likeness (QED) is 0.0416. The van der Waals surface area contributed by atoms with Gasteiger partial charge in [0.15, 0.2) is 0 Å². The van der Waals surface area contributed by atoms with Gasteiger partial charge >= 0.3 is 11.9 Å². The summed E-state index contributed by atoms with van der Waals surface area (Å²) in [6, 6.07) is -0.853. The third-order valence-electron chi connectivity index (χ3n) is 11.9. The Kier molecular flexibility index (Phi) is 44.2. The lowest BCUT2D eigenvalue weighted by molar-refractivity contribution is -0.150. The zero-order valence-corrected chi connectivity index (χ0v) is 38.2. The van der Waals surface area contributed by atoms with Crippen LogP contribution < -0.4 is 11.1 Å². The maximum Gasteiger partial charge on any atom is 0.326 e. The first-order valence-electron chi connectivity index (χ1n) is 25.4. The zero-order chi connectivity index (χ0) is 41.7. The highest BCUT2D eigenvalue weighted by Crippen LogP contribution is 2.20. The number of esters is 1. The Morgan fingerprint density at radius 2 is 0.754 bits per heavy atom. The van der Waals surface area contributed by atoms with Crippen molar-refractivity contribution in [3.8, 4) is 0 Å². The van der Waals surface area contributed by atoms with Gasteiger partial charge in [-0.15, -0.1) is 0 Å². The third-order valence-corrected chi connectivity index (χ3v) is 11.9. The predicted octanol–water partition coefficient (Wildman–Crippen LogP) is 14.9. The third kappa shape index (κ3) is 42.3. The monoisotopic (exact) mass is 807 g/mol. The molecule has 0 rings (SSSR count). The van der Waals surface area contributed by atoms with E-state index in [2.05, 4.69) is 19.2 Å². The lowest BCUT2D eigenvalue weighted by Gasteiger charge is -2.18. The number of aliphatic carboxylic acids is 1. The molecule has 0 bridgehead atoms. The summed E-state index contributed by atoms with van der Waals surface area (Å²) in [4.78, 5) is 36.5. The number of hydrogen-bond donors (Lipinski definition) is 3. The average Bonchev–Trinajstić information content (AvgIpc) is 3.20. The van der Waals surface area contributed by atoms with Crippen LogP contribution >= 0.6 is 0 Å².